The lowest BCUT2D eigenvalue weighted by molar-refractivity contribution is 0.425. The van der Waals surface area contributed by atoms with Crippen LogP contribution in [0.4, 0.5) is 5.69 Å². The summed E-state index contributed by atoms with van der Waals surface area (Å²) in [7, 11) is 0. The maximum absolute atomic E-state index is 3.77. The van der Waals surface area contributed by atoms with Crippen molar-refractivity contribution in [2.45, 2.75) is 18.4 Å². The molecule has 3 atom stereocenters. The van der Waals surface area contributed by atoms with Gasteiger partial charge in [-0.15, -0.1) is 0 Å². The minimum Gasteiger partial charge on any atom is -0.378 e. The summed E-state index contributed by atoms with van der Waals surface area (Å²) in [5.41, 5.74) is 4.10. The van der Waals surface area contributed by atoms with Crippen molar-refractivity contribution >= 4 is 44.2 Å². The van der Waals surface area contributed by atoms with Crippen LogP contribution in [0.5, 0.6) is 0 Å². The lowest BCUT2D eigenvalue weighted by Crippen LogP contribution is -2.29. The predicted molar refractivity (Wildman–Crippen MR) is 99.7 cm³/mol. The van der Waals surface area contributed by atoms with Crippen molar-refractivity contribution in [1.29, 1.82) is 0 Å². The lowest BCUT2D eigenvalue weighted by atomic mass is 9.77. The maximum Gasteiger partial charge on any atom is 0.0554 e. The van der Waals surface area contributed by atoms with Gasteiger partial charge >= 0.3 is 0 Å². The zero-order valence-corrected chi connectivity index (χ0v) is 15.1. The molecule has 0 aromatic heterocycles. The molecule has 0 unspecified atom stereocenters. The van der Waals surface area contributed by atoms with E-state index in [9.17, 15) is 0 Å². The molecule has 106 valence electrons. The van der Waals surface area contributed by atoms with Crippen LogP contribution in [0.15, 0.2) is 59.1 Å². The number of hydrogen-bond donors (Lipinski definition) is 1. The minimum absolute atomic E-state index is 0.384. The van der Waals surface area contributed by atoms with E-state index in [1.807, 2.05) is 0 Å². The van der Waals surface area contributed by atoms with Crippen LogP contribution in [-0.2, 0) is 0 Å². The average Bonchev–Trinajstić information content (AvgIpc) is 2.96. The SMILES string of the molecule is Brc1cccc([C@@H]2Nc3ccc(I)cc3[C@@H]3C=CC[C@@H]32)c1. The van der Waals surface area contributed by atoms with Gasteiger partial charge in [0, 0.05) is 19.6 Å². The Morgan fingerprint density at radius 1 is 1.14 bits per heavy atom. The first-order valence-electron chi connectivity index (χ1n) is 7.20. The van der Waals surface area contributed by atoms with Crippen molar-refractivity contribution in [3.63, 3.8) is 0 Å². The first-order valence-corrected chi connectivity index (χ1v) is 9.07. The molecule has 2 aliphatic rings. The predicted octanol–water partition coefficient (Wildman–Crippen LogP) is 5.88. The zero-order chi connectivity index (χ0) is 14.4. The Labute approximate surface area is 147 Å². The van der Waals surface area contributed by atoms with Crippen LogP contribution in [-0.4, -0.2) is 0 Å². The minimum atomic E-state index is 0.384. The smallest absolute Gasteiger partial charge is 0.0554 e. The Bertz CT molecular complexity index is 725. The van der Waals surface area contributed by atoms with E-state index in [0.717, 1.165) is 10.9 Å². The van der Waals surface area contributed by atoms with E-state index in [0.29, 0.717) is 17.9 Å². The van der Waals surface area contributed by atoms with E-state index in [-0.39, 0.29) is 0 Å². The summed E-state index contributed by atoms with van der Waals surface area (Å²) < 4.78 is 2.46. The molecular formula is C18H15BrIN. The molecule has 1 aliphatic heterocycles. The topological polar surface area (TPSA) is 12.0 Å². The van der Waals surface area contributed by atoms with Crippen molar-refractivity contribution < 1.29 is 0 Å². The number of rotatable bonds is 1. The molecule has 0 radical (unpaired) electrons. The van der Waals surface area contributed by atoms with E-state index >= 15 is 0 Å². The van der Waals surface area contributed by atoms with Crippen LogP contribution < -0.4 is 5.32 Å². The van der Waals surface area contributed by atoms with Crippen LogP contribution in [0.1, 0.15) is 29.5 Å². The normalized spacial score (nSPS) is 26.1. The summed E-state index contributed by atoms with van der Waals surface area (Å²) >= 11 is 6.00. The molecule has 2 aromatic rings. The second-order valence-corrected chi connectivity index (χ2v) is 7.92. The molecular weight excluding hydrogens is 437 g/mol. The highest BCUT2D eigenvalue weighted by Crippen LogP contribution is 2.50. The van der Waals surface area contributed by atoms with Gasteiger partial charge in [-0.2, -0.15) is 0 Å². The first kappa shape index (κ1) is 13.8. The molecule has 1 N–H and O–H groups in total. The zero-order valence-electron chi connectivity index (χ0n) is 11.4. The molecule has 0 amide bonds. The Morgan fingerprint density at radius 3 is 2.90 bits per heavy atom. The van der Waals surface area contributed by atoms with Gasteiger partial charge in [0.05, 0.1) is 6.04 Å². The van der Waals surface area contributed by atoms with Crippen molar-refractivity contribution in [2.24, 2.45) is 5.92 Å². The number of nitrogens with one attached hydrogen (secondary N) is 1. The molecule has 2 aromatic carbocycles. The molecule has 0 saturated carbocycles. The third-order valence-electron chi connectivity index (χ3n) is 4.53. The fourth-order valence-corrected chi connectivity index (χ4v) is 4.53. The Hall–Kier alpha value is -0.810. The fraction of sp³-hybridized carbons (Fsp3) is 0.222. The van der Waals surface area contributed by atoms with E-state index in [2.05, 4.69) is 98.5 Å². The number of hydrogen-bond acceptors (Lipinski definition) is 1. The van der Waals surface area contributed by atoms with Crippen molar-refractivity contribution in [3.05, 3.63) is 73.8 Å². The highest BCUT2D eigenvalue weighted by molar-refractivity contribution is 14.1. The molecule has 1 nitrogen and oxygen atoms in total. The van der Waals surface area contributed by atoms with Crippen molar-refractivity contribution in [3.8, 4) is 0 Å². The van der Waals surface area contributed by atoms with E-state index in [1.165, 1.54) is 20.4 Å². The number of benzene rings is 2. The largest absolute Gasteiger partial charge is 0.378 e. The van der Waals surface area contributed by atoms with E-state index in [1.54, 1.807) is 0 Å². The summed E-state index contributed by atoms with van der Waals surface area (Å²) in [6, 6.07) is 15.8. The van der Waals surface area contributed by atoms with Crippen LogP contribution in [0.2, 0.25) is 0 Å². The Kier molecular flexibility index (Phi) is 3.58. The van der Waals surface area contributed by atoms with Gasteiger partial charge in [0.15, 0.2) is 0 Å². The highest BCUT2D eigenvalue weighted by atomic mass is 127. The molecule has 0 spiro atoms. The standard InChI is InChI=1S/C18H15BrIN/c19-12-4-1-3-11(9-12)18-15-6-2-5-14(15)16-10-13(20)7-8-17(16)21-18/h1-5,7-10,14-15,18,21H,6H2/t14-,15+,18+/m1/s1. The molecule has 0 bridgehead atoms. The highest BCUT2D eigenvalue weighted by Gasteiger charge is 2.37. The van der Waals surface area contributed by atoms with Gasteiger partial charge in [-0.25, -0.2) is 0 Å². The average molecular weight is 452 g/mol. The molecule has 21 heavy (non-hydrogen) atoms. The first-order chi connectivity index (χ1) is 10.2. The summed E-state index contributed by atoms with van der Waals surface area (Å²) in [5.74, 6) is 1.16. The third kappa shape index (κ3) is 2.44. The van der Waals surface area contributed by atoms with Crippen LogP contribution in [0.25, 0.3) is 0 Å². The van der Waals surface area contributed by atoms with Gasteiger partial charge in [-0.05, 0) is 76.4 Å². The van der Waals surface area contributed by atoms with Crippen molar-refractivity contribution in [1.82, 2.24) is 0 Å². The van der Waals surface area contributed by atoms with Gasteiger partial charge in [-0.1, -0.05) is 40.2 Å². The summed E-state index contributed by atoms with van der Waals surface area (Å²) in [4.78, 5) is 0. The second-order valence-electron chi connectivity index (χ2n) is 5.76. The number of anilines is 1. The fourth-order valence-electron chi connectivity index (χ4n) is 3.60. The molecule has 4 rings (SSSR count). The molecule has 1 heterocycles. The summed E-state index contributed by atoms with van der Waals surface area (Å²) in [6.45, 7) is 0. The summed E-state index contributed by atoms with van der Waals surface area (Å²) in [6.07, 6.45) is 5.89. The van der Waals surface area contributed by atoms with Gasteiger partial charge in [0.25, 0.3) is 0 Å². The van der Waals surface area contributed by atoms with Gasteiger partial charge in [-0.3, -0.25) is 0 Å². The molecule has 0 saturated heterocycles. The van der Waals surface area contributed by atoms with Crippen LogP contribution in [0, 0.1) is 9.49 Å². The summed E-state index contributed by atoms with van der Waals surface area (Å²) in [5, 5.41) is 3.77. The van der Waals surface area contributed by atoms with Gasteiger partial charge < -0.3 is 5.32 Å². The van der Waals surface area contributed by atoms with Crippen LogP contribution in [0.3, 0.4) is 0 Å². The molecule has 3 heteroatoms. The Balaban J connectivity index is 1.80. The molecule has 0 fully saturated rings. The third-order valence-corrected chi connectivity index (χ3v) is 5.70. The van der Waals surface area contributed by atoms with Crippen LogP contribution >= 0.6 is 38.5 Å². The van der Waals surface area contributed by atoms with E-state index < -0.39 is 0 Å². The maximum atomic E-state index is 3.77. The van der Waals surface area contributed by atoms with Gasteiger partial charge in [0.2, 0.25) is 0 Å². The van der Waals surface area contributed by atoms with Crippen molar-refractivity contribution in [2.75, 3.05) is 5.32 Å². The lowest BCUT2D eigenvalue weighted by Gasteiger charge is -2.37. The number of allylic oxidation sites excluding steroid dienone is 2. The van der Waals surface area contributed by atoms with E-state index in [4.69, 9.17) is 0 Å². The monoisotopic (exact) mass is 451 g/mol. The Morgan fingerprint density at radius 2 is 2.05 bits per heavy atom. The van der Waals surface area contributed by atoms with Gasteiger partial charge in [0.1, 0.15) is 0 Å². The number of halogens is 2. The quantitative estimate of drug-likeness (QED) is 0.421. The number of fused-ring (bicyclic) bond motifs is 3. The second kappa shape index (κ2) is 5.43. The molecule has 1 aliphatic carbocycles.